The molecule has 2 amide bonds. The predicted molar refractivity (Wildman–Crippen MR) is 91.6 cm³/mol. The summed E-state index contributed by atoms with van der Waals surface area (Å²) >= 11 is 0. The number of benzene rings is 2. The normalized spacial score (nSPS) is 17.7. The van der Waals surface area contributed by atoms with Gasteiger partial charge in [-0.05, 0) is 36.2 Å². The maximum absolute atomic E-state index is 12.7. The molecule has 3 rings (SSSR count). The Labute approximate surface area is 136 Å². The van der Waals surface area contributed by atoms with Gasteiger partial charge in [0.15, 0.2) is 0 Å². The van der Waals surface area contributed by atoms with E-state index in [1.54, 1.807) is 0 Å². The number of rotatable bonds is 4. The Morgan fingerprint density at radius 3 is 2.30 bits per heavy atom. The fourth-order valence-electron chi connectivity index (χ4n) is 2.91. The Balaban J connectivity index is 1.84. The van der Waals surface area contributed by atoms with Crippen molar-refractivity contribution in [2.75, 3.05) is 16.8 Å². The largest absolute Gasteiger partial charge is 0.362 e. The van der Waals surface area contributed by atoms with E-state index in [1.807, 2.05) is 66.5 Å². The zero-order valence-corrected chi connectivity index (χ0v) is 13.4. The number of carbonyl (C=O) groups is 2. The van der Waals surface area contributed by atoms with Crippen molar-refractivity contribution in [3.05, 3.63) is 60.2 Å². The second kappa shape index (κ2) is 6.24. The summed E-state index contributed by atoms with van der Waals surface area (Å²) in [5.74, 6) is -0.308. The van der Waals surface area contributed by atoms with Gasteiger partial charge in [-0.1, -0.05) is 37.3 Å². The molecular formula is C19H20N2O2. The number of nitrogens with zero attached hydrogens (tertiary/aromatic N) is 2. The molecule has 118 valence electrons. The van der Waals surface area contributed by atoms with E-state index in [2.05, 4.69) is 6.92 Å². The molecule has 2 aromatic rings. The number of carbonyl (C=O) groups excluding carboxylic acids is 2. The van der Waals surface area contributed by atoms with Crippen LogP contribution in [0.3, 0.4) is 0 Å². The summed E-state index contributed by atoms with van der Waals surface area (Å²) in [6.45, 7) is 2.08. The van der Waals surface area contributed by atoms with E-state index < -0.39 is 6.04 Å². The van der Waals surface area contributed by atoms with Crippen molar-refractivity contribution in [2.45, 2.75) is 25.8 Å². The van der Waals surface area contributed by atoms with E-state index in [4.69, 9.17) is 0 Å². The van der Waals surface area contributed by atoms with E-state index in [-0.39, 0.29) is 18.2 Å². The molecule has 1 aliphatic heterocycles. The molecule has 1 atom stereocenters. The Kier molecular flexibility index (Phi) is 4.15. The van der Waals surface area contributed by atoms with E-state index in [9.17, 15) is 9.59 Å². The molecule has 1 unspecified atom stereocenters. The van der Waals surface area contributed by atoms with E-state index >= 15 is 0 Å². The number of imide groups is 1. The van der Waals surface area contributed by atoms with Crippen LogP contribution in [0.5, 0.6) is 0 Å². The minimum Gasteiger partial charge on any atom is -0.362 e. The molecule has 0 radical (unpaired) electrons. The smallest absolute Gasteiger partial charge is 0.256 e. The Hall–Kier alpha value is -2.62. The van der Waals surface area contributed by atoms with Crippen molar-refractivity contribution in [1.82, 2.24) is 0 Å². The molecule has 1 saturated heterocycles. The summed E-state index contributed by atoms with van der Waals surface area (Å²) in [4.78, 5) is 28.3. The van der Waals surface area contributed by atoms with Gasteiger partial charge in [-0.25, -0.2) is 4.90 Å². The van der Waals surface area contributed by atoms with Crippen LogP contribution in [-0.4, -0.2) is 24.9 Å². The van der Waals surface area contributed by atoms with Crippen LogP contribution < -0.4 is 9.80 Å². The van der Waals surface area contributed by atoms with Crippen LogP contribution >= 0.6 is 0 Å². The topological polar surface area (TPSA) is 40.6 Å². The second-order valence-corrected chi connectivity index (χ2v) is 5.75. The van der Waals surface area contributed by atoms with Crippen molar-refractivity contribution in [2.24, 2.45) is 0 Å². The lowest BCUT2D eigenvalue weighted by Gasteiger charge is -2.25. The predicted octanol–water partition coefficient (Wildman–Crippen LogP) is 3.02. The standard InChI is InChI=1S/C19H20N2O2/c1-3-14-9-11-16(12-10-14)21-18(22)13-17(19(21)23)20(2)15-7-5-4-6-8-15/h4-12,17H,3,13H2,1-2H3. The van der Waals surface area contributed by atoms with Crippen molar-refractivity contribution >= 4 is 23.2 Å². The number of anilines is 2. The third-order valence-corrected chi connectivity index (χ3v) is 4.36. The van der Waals surface area contributed by atoms with Crippen LogP contribution in [-0.2, 0) is 16.0 Å². The van der Waals surface area contributed by atoms with Gasteiger partial charge in [-0.15, -0.1) is 0 Å². The molecule has 0 bridgehead atoms. The summed E-state index contributed by atoms with van der Waals surface area (Å²) in [6.07, 6.45) is 1.14. The van der Waals surface area contributed by atoms with Gasteiger partial charge in [0, 0.05) is 12.7 Å². The molecule has 0 aromatic heterocycles. The van der Waals surface area contributed by atoms with Gasteiger partial charge in [0.2, 0.25) is 5.91 Å². The summed E-state index contributed by atoms with van der Waals surface area (Å²) < 4.78 is 0. The summed E-state index contributed by atoms with van der Waals surface area (Å²) in [6, 6.07) is 16.8. The van der Waals surface area contributed by atoms with Gasteiger partial charge >= 0.3 is 0 Å². The molecule has 1 heterocycles. The third-order valence-electron chi connectivity index (χ3n) is 4.36. The minimum atomic E-state index is -0.448. The zero-order valence-electron chi connectivity index (χ0n) is 13.4. The molecular weight excluding hydrogens is 288 g/mol. The number of para-hydroxylation sites is 1. The molecule has 23 heavy (non-hydrogen) atoms. The van der Waals surface area contributed by atoms with Gasteiger partial charge < -0.3 is 4.90 Å². The highest BCUT2D eigenvalue weighted by Crippen LogP contribution is 2.28. The molecule has 2 aromatic carbocycles. The Morgan fingerprint density at radius 1 is 1.04 bits per heavy atom. The lowest BCUT2D eigenvalue weighted by Crippen LogP contribution is -2.40. The first kappa shape index (κ1) is 15.3. The molecule has 0 aliphatic carbocycles. The quantitative estimate of drug-likeness (QED) is 0.815. The van der Waals surface area contributed by atoms with Gasteiger partial charge in [0.25, 0.3) is 5.91 Å². The van der Waals surface area contributed by atoms with Crippen LogP contribution in [0, 0.1) is 0 Å². The lowest BCUT2D eigenvalue weighted by atomic mass is 10.1. The molecule has 0 N–H and O–H groups in total. The maximum Gasteiger partial charge on any atom is 0.256 e. The SMILES string of the molecule is CCc1ccc(N2C(=O)CC(N(C)c3ccccc3)C2=O)cc1. The lowest BCUT2D eigenvalue weighted by molar-refractivity contribution is -0.121. The number of likely N-dealkylation sites (N-methyl/N-ethyl adjacent to an activating group) is 1. The fraction of sp³-hybridized carbons (Fsp3) is 0.263. The Bertz CT molecular complexity index is 710. The Morgan fingerprint density at radius 2 is 1.70 bits per heavy atom. The highest BCUT2D eigenvalue weighted by atomic mass is 16.2. The summed E-state index contributed by atoms with van der Waals surface area (Å²) in [5, 5.41) is 0. The number of hydrogen-bond acceptors (Lipinski definition) is 3. The highest BCUT2D eigenvalue weighted by molar-refractivity contribution is 6.23. The molecule has 0 spiro atoms. The first-order valence-corrected chi connectivity index (χ1v) is 7.85. The first-order chi connectivity index (χ1) is 11.1. The van der Waals surface area contributed by atoms with Crippen molar-refractivity contribution < 1.29 is 9.59 Å². The highest BCUT2D eigenvalue weighted by Gasteiger charge is 2.41. The number of amides is 2. The van der Waals surface area contributed by atoms with Crippen molar-refractivity contribution in [3.8, 4) is 0 Å². The van der Waals surface area contributed by atoms with Crippen LogP contribution in [0.2, 0.25) is 0 Å². The van der Waals surface area contributed by atoms with Crippen LogP contribution in [0.4, 0.5) is 11.4 Å². The fourth-order valence-corrected chi connectivity index (χ4v) is 2.91. The summed E-state index contributed by atoms with van der Waals surface area (Å²) in [5.41, 5.74) is 2.77. The van der Waals surface area contributed by atoms with E-state index in [0.717, 1.165) is 12.1 Å². The van der Waals surface area contributed by atoms with Crippen LogP contribution in [0.25, 0.3) is 0 Å². The average molecular weight is 308 g/mol. The number of hydrogen-bond donors (Lipinski definition) is 0. The molecule has 1 fully saturated rings. The molecule has 4 heteroatoms. The van der Waals surface area contributed by atoms with Gasteiger partial charge in [-0.3, -0.25) is 9.59 Å². The minimum absolute atomic E-state index is 0.146. The van der Waals surface area contributed by atoms with Gasteiger partial charge in [0.05, 0.1) is 12.1 Å². The monoisotopic (exact) mass is 308 g/mol. The molecule has 0 saturated carbocycles. The van der Waals surface area contributed by atoms with E-state index in [1.165, 1.54) is 10.5 Å². The third kappa shape index (κ3) is 2.84. The van der Waals surface area contributed by atoms with Crippen molar-refractivity contribution in [1.29, 1.82) is 0 Å². The zero-order chi connectivity index (χ0) is 16.4. The van der Waals surface area contributed by atoms with Gasteiger partial charge in [-0.2, -0.15) is 0 Å². The number of aryl methyl sites for hydroxylation is 1. The average Bonchev–Trinajstić information content (AvgIpc) is 2.89. The molecule has 1 aliphatic rings. The maximum atomic E-state index is 12.7. The van der Waals surface area contributed by atoms with Gasteiger partial charge in [0.1, 0.15) is 6.04 Å². The first-order valence-electron chi connectivity index (χ1n) is 7.85. The second-order valence-electron chi connectivity index (χ2n) is 5.75. The summed E-state index contributed by atoms with van der Waals surface area (Å²) in [7, 11) is 1.86. The van der Waals surface area contributed by atoms with E-state index in [0.29, 0.717) is 5.69 Å². The molecule has 4 nitrogen and oxygen atoms in total. The van der Waals surface area contributed by atoms with Crippen LogP contribution in [0.1, 0.15) is 18.9 Å². The van der Waals surface area contributed by atoms with Crippen molar-refractivity contribution in [3.63, 3.8) is 0 Å². The van der Waals surface area contributed by atoms with Crippen LogP contribution in [0.15, 0.2) is 54.6 Å².